The predicted octanol–water partition coefficient (Wildman–Crippen LogP) is 3.87. The van der Waals surface area contributed by atoms with Crippen LogP contribution in [0.2, 0.25) is 0 Å². The van der Waals surface area contributed by atoms with Crippen molar-refractivity contribution >= 4 is 22.0 Å². The first-order valence-corrected chi connectivity index (χ1v) is 13.2. The minimum Gasteiger partial charge on any atom is -0.370 e. The van der Waals surface area contributed by atoms with E-state index >= 15 is 8.78 Å². The van der Waals surface area contributed by atoms with Crippen molar-refractivity contribution in [1.82, 2.24) is 9.71 Å². The van der Waals surface area contributed by atoms with Gasteiger partial charge in [-0.25, -0.2) is 21.9 Å². The number of nitrogens with one attached hydrogen (secondary N) is 1. The standard InChI is InChI=1S/C26H28F2N4O3S/c1-16-21(10-9-20-8-7-19(14-31-20)22-6-4-3-5-18(22)13-29)24-17(2)32-36(34,35)25(24,12-11-23(30)33)15-26(16,27)28/h3-10,14,16-17,21,24,32H,11-12,15H2,1-2H3,(H2,30,33)/b10-9+/t16-,17+,21-,24-,25+/m0/s1. The summed E-state index contributed by atoms with van der Waals surface area (Å²) in [6.07, 6.45) is 3.44. The minimum absolute atomic E-state index is 0.259. The van der Waals surface area contributed by atoms with Crippen LogP contribution in [0.1, 0.15) is 44.4 Å². The zero-order chi connectivity index (χ0) is 26.3. The molecule has 5 atom stereocenters. The molecule has 2 fully saturated rings. The molecule has 10 heteroatoms. The molecule has 190 valence electrons. The zero-order valence-corrected chi connectivity index (χ0v) is 20.8. The number of nitriles is 1. The molecule has 1 aliphatic carbocycles. The number of carbonyl (C=O) groups excluding carboxylic acids is 1. The first-order valence-electron chi connectivity index (χ1n) is 11.7. The number of pyridine rings is 1. The summed E-state index contributed by atoms with van der Waals surface area (Å²) in [4.78, 5) is 15.9. The number of fused-ring (bicyclic) bond motifs is 1. The Morgan fingerprint density at radius 1 is 1.28 bits per heavy atom. The Morgan fingerprint density at radius 2 is 2.00 bits per heavy atom. The molecule has 2 aliphatic rings. The van der Waals surface area contributed by atoms with Gasteiger partial charge in [-0.1, -0.05) is 37.3 Å². The third-order valence-electron chi connectivity index (χ3n) is 7.64. The highest BCUT2D eigenvalue weighted by molar-refractivity contribution is 7.91. The number of aromatic nitrogens is 1. The van der Waals surface area contributed by atoms with Crippen molar-refractivity contribution in [2.24, 2.45) is 23.5 Å². The normalized spacial score (nSPS) is 30.5. The molecule has 2 aromatic rings. The molecule has 1 amide bonds. The summed E-state index contributed by atoms with van der Waals surface area (Å²) in [5.41, 5.74) is 7.77. The fraction of sp³-hybridized carbons (Fsp3) is 0.423. The number of carbonyl (C=O) groups is 1. The molecule has 36 heavy (non-hydrogen) atoms. The largest absolute Gasteiger partial charge is 0.370 e. The summed E-state index contributed by atoms with van der Waals surface area (Å²) in [6.45, 7) is 3.10. The minimum atomic E-state index is -4.12. The van der Waals surface area contributed by atoms with Crippen LogP contribution in [0.3, 0.4) is 0 Å². The molecule has 1 saturated carbocycles. The molecule has 4 rings (SSSR count). The van der Waals surface area contributed by atoms with Crippen LogP contribution in [-0.4, -0.2) is 36.0 Å². The molecular weight excluding hydrogens is 486 g/mol. The highest BCUT2D eigenvalue weighted by Crippen LogP contribution is 2.58. The van der Waals surface area contributed by atoms with Crippen LogP contribution >= 0.6 is 0 Å². The lowest BCUT2D eigenvalue weighted by atomic mass is 9.61. The smallest absolute Gasteiger partial charge is 0.252 e. The van der Waals surface area contributed by atoms with Gasteiger partial charge >= 0.3 is 0 Å². The van der Waals surface area contributed by atoms with Crippen molar-refractivity contribution in [3.63, 3.8) is 0 Å². The molecule has 0 radical (unpaired) electrons. The molecule has 0 bridgehead atoms. The molecule has 3 N–H and O–H groups in total. The Labute approximate surface area is 209 Å². The van der Waals surface area contributed by atoms with Gasteiger partial charge in [0.2, 0.25) is 15.9 Å². The number of amides is 1. The van der Waals surface area contributed by atoms with E-state index in [-0.39, 0.29) is 12.8 Å². The second-order valence-electron chi connectivity index (χ2n) is 9.76. The zero-order valence-electron chi connectivity index (χ0n) is 20.0. The third kappa shape index (κ3) is 4.42. The number of nitrogens with two attached hydrogens (primary N) is 1. The van der Waals surface area contributed by atoms with E-state index in [4.69, 9.17) is 5.73 Å². The number of nitrogens with zero attached hydrogens (tertiary/aromatic N) is 2. The second-order valence-corrected chi connectivity index (χ2v) is 11.8. The molecule has 0 unspecified atom stereocenters. The van der Waals surface area contributed by atoms with Gasteiger partial charge in [-0.3, -0.25) is 9.78 Å². The van der Waals surface area contributed by atoms with Crippen molar-refractivity contribution in [2.75, 3.05) is 0 Å². The van der Waals surface area contributed by atoms with E-state index in [0.717, 1.165) is 11.1 Å². The van der Waals surface area contributed by atoms with E-state index < -0.39 is 56.8 Å². The monoisotopic (exact) mass is 514 g/mol. The number of allylic oxidation sites excluding steroid dienone is 1. The number of rotatable bonds is 6. The highest BCUT2D eigenvalue weighted by Gasteiger charge is 2.68. The maximum Gasteiger partial charge on any atom is 0.252 e. The van der Waals surface area contributed by atoms with E-state index in [1.54, 1.807) is 49.5 Å². The van der Waals surface area contributed by atoms with Crippen LogP contribution in [0, 0.1) is 29.1 Å². The summed E-state index contributed by atoms with van der Waals surface area (Å²) < 4.78 is 57.5. The van der Waals surface area contributed by atoms with Crippen molar-refractivity contribution < 1.29 is 22.0 Å². The van der Waals surface area contributed by atoms with Crippen LogP contribution in [0.5, 0.6) is 0 Å². The maximum atomic E-state index is 15.3. The summed E-state index contributed by atoms with van der Waals surface area (Å²) in [6, 6.07) is 12.2. The van der Waals surface area contributed by atoms with Gasteiger partial charge in [0.05, 0.1) is 22.1 Å². The van der Waals surface area contributed by atoms with E-state index in [2.05, 4.69) is 15.8 Å². The van der Waals surface area contributed by atoms with Gasteiger partial charge in [0.25, 0.3) is 5.92 Å². The Morgan fingerprint density at radius 3 is 2.64 bits per heavy atom. The van der Waals surface area contributed by atoms with Gasteiger partial charge in [0.1, 0.15) is 0 Å². The lowest BCUT2D eigenvalue weighted by Crippen LogP contribution is -2.57. The first kappa shape index (κ1) is 25.9. The summed E-state index contributed by atoms with van der Waals surface area (Å²) >= 11 is 0. The lowest BCUT2D eigenvalue weighted by molar-refractivity contribution is -0.128. The fourth-order valence-electron chi connectivity index (χ4n) is 5.84. The van der Waals surface area contributed by atoms with Gasteiger partial charge in [-0.2, -0.15) is 5.26 Å². The Balaban J connectivity index is 1.69. The number of primary amides is 1. The molecule has 2 heterocycles. The number of hydrogen-bond donors (Lipinski definition) is 2. The number of alkyl halides is 2. The Kier molecular flexibility index (Phi) is 6.75. The number of benzene rings is 1. The van der Waals surface area contributed by atoms with Gasteiger partial charge < -0.3 is 5.73 Å². The number of sulfonamides is 1. The fourth-order valence-corrected chi connectivity index (χ4v) is 8.18. The summed E-state index contributed by atoms with van der Waals surface area (Å²) in [7, 11) is -4.12. The van der Waals surface area contributed by atoms with E-state index in [0.29, 0.717) is 11.3 Å². The van der Waals surface area contributed by atoms with Gasteiger partial charge in [-0.05, 0) is 37.5 Å². The number of hydrogen-bond acceptors (Lipinski definition) is 5. The Bertz CT molecular complexity index is 1340. The molecule has 7 nitrogen and oxygen atoms in total. The van der Waals surface area contributed by atoms with Gasteiger partial charge in [-0.15, -0.1) is 0 Å². The van der Waals surface area contributed by atoms with E-state index in [9.17, 15) is 18.5 Å². The summed E-state index contributed by atoms with van der Waals surface area (Å²) in [5, 5.41) is 9.34. The van der Waals surface area contributed by atoms with Crippen LogP contribution < -0.4 is 10.5 Å². The van der Waals surface area contributed by atoms with Gasteiger partial charge in [0.15, 0.2) is 0 Å². The molecule has 1 aliphatic heterocycles. The molecule has 1 aromatic heterocycles. The van der Waals surface area contributed by atoms with Crippen LogP contribution in [-0.2, 0) is 14.8 Å². The maximum absolute atomic E-state index is 15.3. The van der Waals surface area contributed by atoms with Crippen LogP contribution in [0.4, 0.5) is 8.78 Å². The van der Waals surface area contributed by atoms with Crippen molar-refractivity contribution in [1.29, 1.82) is 5.26 Å². The van der Waals surface area contributed by atoms with Crippen molar-refractivity contribution in [3.8, 4) is 17.2 Å². The summed E-state index contributed by atoms with van der Waals surface area (Å²) in [5.74, 6) is -6.58. The first-order chi connectivity index (χ1) is 16.9. The quantitative estimate of drug-likeness (QED) is 0.605. The molecule has 1 saturated heterocycles. The van der Waals surface area contributed by atoms with Gasteiger partial charge in [0, 0.05) is 48.0 Å². The highest BCUT2D eigenvalue weighted by atomic mass is 32.2. The van der Waals surface area contributed by atoms with E-state index in [1.807, 2.05) is 12.1 Å². The average molecular weight is 515 g/mol. The Hall–Kier alpha value is -3.16. The van der Waals surface area contributed by atoms with Crippen molar-refractivity contribution in [2.45, 2.75) is 49.8 Å². The van der Waals surface area contributed by atoms with Crippen LogP contribution in [0.15, 0.2) is 48.7 Å². The number of halogens is 2. The van der Waals surface area contributed by atoms with E-state index in [1.165, 1.54) is 6.92 Å². The lowest BCUT2D eigenvalue weighted by Gasteiger charge is -2.49. The second kappa shape index (κ2) is 9.37. The third-order valence-corrected chi connectivity index (χ3v) is 10.0. The topological polar surface area (TPSA) is 126 Å². The average Bonchev–Trinajstić information content (AvgIpc) is 3.02. The van der Waals surface area contributed by atoms with Crippen molar-refractivity contribution in [3.05, 3.63) is 59.9 Å². The van der Waals surface area contributed by atoms with Crippen LogP contribution in [0.25, 0.3) is 17.2 Å². The predicted molar refractivity (Wildman–Crippen MR) is 132 cm³/mol. The molecule has 1 aromatic carbocycles. The molecule has 0 spiro atoms. The molecular formula is C26H28F2N4O3S. The SMILES string of the molecule is C[C@H]1NS(=O)(=O)[C@]2(CCC(N)=O)CC(F)(F)[C@@H](C)[C@H](/C=C/c3ccc(-c4ccccc4C#N)cn3)[C@H]12.